The van der Waals surface area contributed by atoms with Gasteiger partial charge in [-0.1, -0.05) is 43.2 Å². The standard InChI is InChI=1S/C17H20N2O/c1-2-19-13-14(12-18-19)16(20)17(10-6-7-11-17)15-8-4-3-5-9-15/h3-5,8-9,12-13H,2,6-7,10-11H2,1H3. The Hall–Kier alpha value is -1.90. The van der Waals surface area contributed by atoms with Crippen LogP contribution in [0.3, 0.4) is 0 Å². The van der Waals surface area contributed by atoms with Crippen molar-refractivity contribution >= 4 is 5.78 Å². The third kappa shape index (κ3) is 2.07. The molecule has 1 heterocycles. The number of rotatable bonds is 4. The number of ketones is 1. The van der Waals surface area contributed by atoms with Crippen LogP contribution in [0.4, 0.5) is 0 Å². The van der Waals surface area contributed by atoms with Gasteiger partial charge < -0.3 is 0 Å². The summed E-state index contributed by atoms with van der Waals surface area (Å²) < 4.78 is 1.82. The molecule has 0 atom stereocenters. The van der Waals surface area contributed by atoms with E-state index in [0.717, 1.165) is 43.4 Å². The number of hydrogen-bond donors (Lipinski definition) is 0. The van der Waals surface area contributed by atoms with Gasteiger partial charge >= 0.3 is 0 Å². The Labute approximate surface area is 119 Å². The predicted molar refractivity (Wildman–Crippen MR) is 78.8 cm³/mol. The number of nitrogens with zero attached hydrogens (tertiary/aromatic N) is 2. The summed E-state index contributed by atoms with van der Waals surface area (Å²) >= 11 is 0. The van der Waals surface area contributed by atoms with E-state index in [1.165, 1.54) is 0 Å². The molecule has 0 N–H and O–H groups in total. The number of benzene rings is 1. The van der Waals surface area contributed by atoms with Crippen molar-refractivity contribution < 1.29 is 4.79 Å². The molecular weight excluding hydrogens is 248 g/mol. The Morgan fingerprint density at radius 1 is 1.25 bits per heavy atom. The number of Topliss-reactive ketones (excluding diaryl/α,β-unsaturated/α-hetero) is 1. The predicted octanol–water partition coefficient (Wildman–Crippen LogP) is 3.60. The molecule has 0 aliphatic heterocycles. The van der Waals surface area contributed by atoms with Crippen LogP contribution in [0.2, 0.25) is 0 Å². The van der Waals surface area contributed by atoms with Crippen molar-refractivity contribution in [2.45, 2.75) is 44.6 Å². The summed E-state index contributed by atoms with van der Waals surface area (Å²) in [5.41, 5.74) is 1.58. The minimum Gasteiger partial charge on any atom is -0.293 e. The quantitative estimate of drug-likeness (QED) is 0.794. The molecule has 3 heteroatoms. The zero-order valence-corrected chi connectivity index (χ0v) is 11.9. The maximum atomic E-state index is 13.0. The minimum absolute atomic E-state index is 0.237. The summed E-state index contributed by atoms with van der Waals surface area (Å²) in [6.07, 6.45) is 7.76. The highest BCUT2D eigenvalue weighted by Gasteiger charge is 2.43. The van der Waals surface area contributed by atoms with Gasteiger partial charge in [0.25, 0.3) is 0 Å². The lowest BCUT2D eigenvalue weighted by Crippen LogP contribution is -2.32. The van der Waals surface area contributed by atoms with Crippen LogP contribution in [-0.2, 0) is 12.0 Å². The summed E-state index contributed by atoms with van der Waals surface area (Å²) in [6.45, 7) is 2.83. The van der Waals surface area contributed by atoms with Crippen molar-refractivity contribution in [3.05, 3.63) is 53.9 Å². The molecular formula is C17H20N2O. The fourth-order valence-corrected chi connectivity index (χ4v) is 3.31. The van der Waals surface area contributed by atoms with E-state index in [9.17, 15) is 4.79 Å². The molecule has 0 saturated heterocycles. The largest absolute Gasteiger partial charge is 0.293 e. The lowest BCUT2D eigenvalue weighted by Gasteiger charge is -2.27. The molecule has 0 bridgehead atoms. The number of carbonyl (C=O) groups is 1. The highest BCUT2D eigenvalue weighted by Crippen LogP contribution is 2.43. The maximum absolute atomic E-state index is 13.0. The van der Waals surface area contributed by atoms with Gasteiger partial charge in [-0.25, -0.2) is 0 Å². The van der Waals surface area contributed by atoms with Crippen molar-refractivity contribution in [2.75, 3.05) is 0 Å². The summed E-state index contributed by atoms with van der Waals surface area (Å²) in [5, 5.41) is 4.25. The fourth-order valence-electron chi connectivity index (χ4n) is 3.31. The van der Waals surface area contributed by atoms with E-state index in [1.54, 1.807) is 6.20 Å². The molecule has 104 valence electrons. The molecule has 0 spiro atoms. The Morgan fingerprint density at radius 3 is 2.55 bits per heavy atom. The second-order valence-electron chi connectivity index (χ2n) is 5.57. The first-order chi connectivity index (χ1) is 9.76. The average molecular weight is 268 g/mol. The van der Waals surface area contributed by atoms with Crippen LogP contribution in [0.15, 0.2) is 42.7 Å². The highest BCUT2D eigenvalue weighted by atomic mass is 16.1. The first-order valence-corrected chi connectivity index (χ1v) is 7.39. The van der Waals surface area contributed by atoms with Gasteiger partial charge in [-0.15, -0.1) is 0 Å². The van der Waals surface area contributed by atoms with Gasteiger partial charge in [0.05, 0.1) is 17.2 Å². The Bertz CT molecular complexity index is 594. The van der Waals surface area contributed by atoms with Gasteiger partial charge in [0.15, 0.2) is 5.78 Å². The van der Waals surface area contributed by atoms with Gasteiger partial charge in [-0.3, -0.25) is 9.48 Å². The second-order valence-corrected chi connectivity index (χ2v) is 5.57. The smallest absolute Gasteiger partial charge is 0.176 e. The molecule has 0 radical (unpaired) electrons. The molecule has 1 aromatic carbocycles. The Morgan fingerprint density at radius 2 is 1.95 bits per heavy atom. The zero-order chi connectivity index (χ0) is 14.0. The zero-order valence-electron chi connectivity index (χ0n) is 11.9. The van der Waals surface area contributed by atoms with Crippen molar-refractivity contribution in [1.29, 1.82) is 0 Å². The van der Waals surface area contributed by atoms with Gasteiger partial charge in [0.2, 0.25) is 0 Å². The first-order valence-electron chi connectivity index (χ1n) is 7.39. The molecule has 0 amide bonds. The number of aromatic nitrogens is 2. The van der Waals surface area contributed by atoms with Crippen molar-refractivity contribution in [3.63, 3.8) is 0 Å². The summed E-state index contributed by atoms with van der Waals surface area (Å²) in [4.78, 5) is 13.0. The first kappa shape index (κ1) is 13.1. The van der Waals surface area contributed by atoms with Crippen molar-refractivity contribution in [1.82, 2.24) is 9.78 Å². The van der Waals surface area contributed by atoms with Crippen molar-refractivity contribution in [3.8, 4) is 0 Å². The SMILES string of the molecule is CCn1cc(C(=O)C2(c3ccccc3)CCCC2)cn1. The average Bonchev–Trinajstić information content (AvgIpc) is 3.17. The lowest BCUT2D eigenvalue weighted by atomic mass is 9.73. The molecule has 1 saturated carbocycles. The van der Waals surface area contributed by atoms with Gasteiger partial charge in [-0.05, 0) is 25.3 Å². The molecule has 1 aromatic heterocycles. The summed E-state index contributed by atoms with van der Waals surface area (Å²) in [7, 11) is 0. The van der Waals surface area contributed by atoms with Crippen LogP contribution < -0.4 is 0 Å². The normalized spacial score (nSPS) is 17.2. The van der Waals surface area contributed by atoms with E-state index in [1.807, 2.05) is 36.0 Å². The highest BCUT2D eigenvalue weighted by molar-refractivity contribution is 6.04. The van der Waals surface area contributed by atoms with Crippen LogP contribution in [0, 0.1) is 0 Å². The van der Waals surface area contributed by atoms with Crippen molar-refractivity contribution in [2.24, 2.45) is 0 Å². The number of aryl methyl sites for hydroxylation is 1. The van der Waals surface area contributed by atoms with E-state index in [2.05, 4.69) is 17.2 Å². The van der Waals surface area contributed by atoms with E-state index >= 15 is 0 Å². The Balaban J connectivity index is 2.00. The van der Waals surface area contributed by atoms with Crippen LogP contribution >= 0.6 is 0 Å². The van der Waals surface area contributed by atoms with E-state index < -0.39 is 0 Å². The minimum atomic E-state index is -0.330. The fraction of sp³-hybridized carbons (Fsp3) is 0.412. The molecule has 1 fully saturated rings. The summed E-state index contributed by atoms with van der Waals surface area (Å²) in [6, 6.07) is 10.2. The van der Waals surface area contributed by atoms with E-state index in [-0.39, 0.29) is 11.2 Å². The lowest BCUT2D eigenvalue weighted by molar-refractivity contribution is 0.0886. The van der Waals surface area contributed by atoms with Crippen LogP contribution in [0.25, 0.3) is 0 Å². The van der Waals surface area contributed by atoms with Crippen LogP contribution in [0.1, 0.15) is 48.5 Å². The van der Waals surface area contributed by atoms with E-state index in [4.69, 9.17) is 0 Å². The monoisotopic (exact) mass is 268 g/mol. The third-order valence-corrected chi connectivity index (χ3v) is 4.44. The number of hydrogen-bond acceptors (Lipinski definition) is 2. The van der Waals surface area contributed by atoms with Crippen LogP contribution in [-0.4, -0.2) is 15.6 Å². The molecule has 20 heavy (non-hydrogen) atoms. The van der Waals surface area contributed by atoms with E-state index in [0.29, 0.717) is 0 Å². The molecule has 2 aromatic rings. The number of carbonyl (C=O) groups excluding carboxylic acids is 1. The Kier molecular flexibility index (Phi) is 3.43. The molecule has 1 aliphatic rings. The topological polar surface area (TPSA) is 34.9 Å². The molecule has 3 rings (SSSR count). The second kappa shape index (κ2) is 5.23. The maximum Gasteiger partial charge on any atom is 0.176 e. The third-order valence-electron chi connectivity index (χ3n) is 4.44. The molecule has 3 nitrogen and oxygen atoms in total. The molecule has 1 aliphatic carbocycles. The van der Waals surface area contributed by atoms with Gasteiger partial charge in [0.1, 0.15) is 0 Å². The summed E-state index contributed by atoms with van der Waals surface area (Å²) in [5.74, 6) is 0.237. The van der Waals surface area contributed by atoms with Gasteiger partial charge in [0, 0.05) is 12.7 Å². The molecule has 0 unspecified atom stereocenters. The van der Waals surface area contributed by atoms with Gasteiger partial charge in [-0.2, -0.15) is 5.10 Å². The van der Waals surface area contributed by atoms with Crippen LogP contribution in [0.5, 0.6) is 0 Å².